The van der Waals surface area contributed by atoms with Gasteiger partial charge in [-0.2, -0.15) is 0 Å². The second kappa shape index (κ2) is 5.80. The van der Waals surface area contributed by atoms with Gasteiger partial charge in [-0.15, -0.1) is 0 Å². The maximum absolute atomic E-state index is 11.0. The van der Waals surface area contributed by atoms with Crippen LogP contribution in [0.4, 0.5) is 5.69 Å². The van der Waals surface area contributed by atoms with Crippen molar-refractivity contribution in [3.63, 3.8) is 0 Å². The van der Waals surface area contributed by atoms with Crippen molar-refractivity contribution in [2.24, 2.45) is 0 Å². The van der Waals surface area contributed by atoms with Crippen molar-refractivity contribution in [2.45, 2.75) is 13.8 Å². The van der Waals surface area contributed by atoms with Gasteiger partial charge in [0.25, 0.3) is 0 Å². The van der Waals surface area contributed by atoms with Crippen LogP contribution in [-0.2, 0) is 9.53 Å². The second-order valence-electron chi connectivity index (χ2n) is 3.21. The zero-order chi connectivity index (χ0) is 12.0. The van der Waals surface area contributed by atoms with Crippen LogP contribution in [0.1, 0.15) is 12.5 Å². The highest BCUT2D eigenvalue weighted by molar-refractivity contribution is 5.81. The Kier molecular flexibility index (Phi) is 4.39. The number of nitrogen functional groups attached to an aromatic ring is 1. The first-order valence-corrected chi connectivity index (χ1v) is 4.99. The smallest absolute Gasteiger partial charge is 0.333 e. The lowest BCUT2D eigenvalue weighted by Gasteiger charge is -2.04. The van der Waals surface area contributed by atoms with Crippen molar-refractivity contribution in [2.75, 3.05) is 12.3 Å². The number of nitrogens with two attached hydrogens (primary N) is 1. The summed E-state index contributed by atoms with van der Waals surface area (Å²) >= 11 is 0. The third-order valence-electron chi connectivity index (χ3n) is 1.85. The molecule has 0 amide bonds. The Morgan fingerprint density at radius 2 is 2.25 bits per heavy atom. The molecule has 0 saturated carbocycles. The molecule has 86 valence electrons. The maximum atomic E-state index is 11.0. The first kappa shape index (κ1) is 12.1. The maximum Gasteiger partial charge on any atom is 0.333 e. The van der Waals surface area contributed by atoms with Crippen molar-refractivity contribution in [3.05, 3.63) is 36.1 Å². The van der Waals surface area contributed by atoms with E-state index in [1.807, 2.05) is 13.0 Å². The molecule has 2 N–H and O–H groups in total. The van der Waals surface area contributed by atoms with E-state index in [4.69, 9.17) is 15.2 Å². The van der Waals surface area contributed by atoms with Crippen LogP contribution in [0.2, 0.25) is 0 Å². The number of aryl methyl sites for hydroxylation is 1. The molecule has 1 aromatic carbocycles. The van der Waals surface area contributed by atoms with E-state index in [0.717, 1.165) is 5.56 Å². The van der Waals surface area contributed by atoms with Crippen LogP contribution in [0, 0.1) is 6.92 Å². The van der Waals surface area contributed by atoms with E-state index in [1.54, 1.807) is 19.1 Å². The molecule has 0 atom stereocenters. The fourth-order valence-electron chi connectivity index (χ4n) is 1.13. The summed E-state index contributed by atoms with van der Waals surface area (Å²) in [4.78, 5) is 11.0. The van der Waals surface area contributed by atoms with Crippen LogP contribution < -0.4 is 10.5 Å². The number of esters is 1. The Morgan fingerprint density at radius 3 is 2.88 bits per heavy atom. The van der Waals surface area contributed by atoms with E-state index in [9.17, 15) is 4.79 Å². The average molecular weight is 221 g/mol. The first-order chi connectivity index (χ1) is 7.63. The topological polar surface area (TPSA) is 61.5 Å². The third kappa shape index (κ3) is 3.65. The van der Waals surface area contributed by atoms with E-state index in [2.05, 4.69) is 0 Å². The van der Waals surface area contributed by atoms with Gasteiger partial charge >= 0.3 is 5.97 Å². The van der Waals surface area contributed by atoms with Crippen LogP contribution in [0.15, 0.2) is 30.5 Å². The molecule has 0 aromatic heterocycles. The van der Waals surface area contributed by atoms with Crippen molar-refractivity contribution < 1.29 is 14.3 Å². The minimum atomic E-state index is -0.437. The number of carbonyl (C=O) groups is 1. The van der Waals surface area contributed by atoms with E-state index >= 15 is 0 Å². The van der Waals surface area contributed by atoms with Crippen molar-refractivity contribution in [3.8, 4) is 5.75 Å². The SMILES string of the molecule is CCOC(=O)/C=C/Oc1ccc(C)cc1N. The van der Waals surface area contributed by atoms with Gasteiger partial charge in [0.05, 0.1) is 24.6 Å². The van der Waals surface area contributed by atoms with Gasteiger partial charge in [-0.25, -0.2) is 4.79 Å². The number of hydrogen-bond donors (Lipinski definition) is 1. The summed E-state index contributed by atoms with van der Waals surface area (Å²) in [5.41, 5.74) is 7.31. The van der Waals surface area contributed by atoms with Crippen LogP contribution >= 0.6 is 0 Å². The summed E-state index contributed by atoms with van der Waals surface area (Å²) in [6, 6.07) is 5.43. The van der Waals surface area contributed by atoms with Gasteiger partial charge in [0.15, 0.2) is 0 Å². The van der Waals surface area contributed by atoms with Gasteiger partial charge in [0, 0.05) is 0 Å². The van der Waals surface area contributed by atoms with Crippen LogP contribution in [0.3, 0.4) is 0 Å². The molecule has 0 radical (unpaired) electrons. The van der Waals surface area contributed by atoms with Crippen LogP contribution in [-0.4, -0.2) is 12.6 Å². The first-order valence-electron chi connectivity index (χ1n) is 4.99. The van der Waals surface area contributed by atoms with E-state index < -0.39 is 5.97 Å². The molecule has 0 aliphatic heterocycles. The minimum absolute atomic E-state index is 0.343. The van der Waals surface area contributed by atoms with Crippen molar-refractivity contribution in [1.82, 2.24) is 0 Å². The zero-order valence-electron chi connectivity index (χ0n) is 9.40. The highest BCUT2D eigenvalue weighted by atomic mass is 16.5. The van der Waals surface area contributed by atoms with Crippen molar-refractivity contribution in [1.29, 1.82) is 0 Å². The molecule has 0 bridgehead atoms. The predicted octanol–water partition coefficient (Wildman–Crippen LogP) is 2.03. The highest BCUT2D eigenvalue weighted by Crippen LogP contribution is 2.22. The fourth-order valence-corrected chi connectivity index (χ4v) is 1.13. The molecule has 0 spiro atoms. The second-order valence-corrected chi connectivity index (χ2v) is 3.21. The molecule has 16 heavy (non-hydrogen) atoms. The highest BCUT2D eigenvalue weighted by Gasteiger charge is 1.99. The van der Waals surface area contributed by atoms with Crippen molar-refractivity contribution >= 4 is 11.7 Å². The molecule has 0 aliphatic rings. The quantitative estimate of drug-likeness (QED) is 0.366. The summed E-state index contributed by atoms with van der Waals surface area (Å²) in [6.45, 7) is 4.02. The summed E-state index contributed by atoms with van der Waals surface area (Å²) in [6.07, 6.45) is 2.47. The Balaban J connectivity index is 2.57. The van der Waals surface area contributed by atoms with E-state index in [1.165, 1.54) is 12.3 Å². The normalized spacial score (nSPS) is 10.4. The number of hydrogen-bond acceptors (Lipinski definition) is 4. The monoisotopic (exact) mass is 221 g/mol. The Bertz CT molecular complexity index is 399. The lowest BCUT2D eigenvalue weighted by Crippen LogP contribution is -2.00. The number of ether oxygens (including phenoxy) is 2. The number of anilines is 1. The molecule has 1 rings (SSSR count). The minimum Gasteiger partial charge on any atom is -0.463 e. The van der Waals surface area contributed by atoms with Gasteiger partial charge in [0.2, 0.25) is 0 Å². The molecule has 0 aliphatic carbocycles. The summed E-state index contributed by atoms with van der Waals surface area (Å²) in [5, 5.41) is 0. The van der Waals surface area contributed by atoms with Gasteiger partial charge in [-0.05, 0) is 31.5 Å². The largest absolute Gasteiger partial charge is 0.463 e. The van der Waals surface area contributed by atoms with Crippen LogP contribution in [0.25, 0.3) is 0 Å². The Morgan fingerprint density at radius 1 is 1.50 bits per heavy atom. The summed E-state index contributed by atoms with van der Waals surface area (Å²) in [5.74, 6) is 0.0827. The molecule has 4 nitrogen and oxygen atoms in total. The zero-order valence-corrected chi connectivity index (χ0v) is 9.40. The molecule has 0 heterocycles. The summed E-state index contributed by atoms with van der Waals surface area (Å²) < 4.78 is 9.89. The lowest BCUT2D eigenvalue weighted by atomic mass is 10.2. The average Bonchev–Trinajstić information content (AvgIpc) is 2.22. The third-order valence-corrected chi connectivity index (χ3v) is 1.85. The predicted molar refractivity (Wildman–Crippen MR) is 62.0 cm³/mol. The Labute approximate surface area is 94.7 Å². The molecule has 4 heteroatoms. The molecule has 0 unspecified atom stereocenters. The van der Waals surface area contributed by atoms with E-state index in [-0.39, 0.29) is 0 Å². The number of rotatable bonds is 4. The lowest BCUT2D eigenvalue weighted by molar-refractivity contribution is -0.137. The van der Waals surface area contributed by atoms with Gasteiger partial charge in [-0.3, -0.25) is 0 Å². The molecular weight excluding hydrogens is 206 g/mol. The Hall–Kier alpha value is -1.97. The van der Waals surface area contributed by atoms with Gasteiger partial charge in [0.1, 0.15) is 5.75 Å². The van der Waals surface area contributed by atoms with E-state index in [0.29, 0.717) is 18.0 Å². The number of benzene rings is 1. The van der Waals surface area contributed by atoms with Gasteiger partial charge in [-0.1, -0.05) is 6.07 Å². The molecule has 1 aromatic rings. The standard InChI is InChI=1S/C12H15NO3/c1-3-15-12(14)6-7-16-11-5-4-9(2)8-10(11)13/h4-8H,3,13H2,1-2H3/b7-6+. The summed E-state index contributed by atoms with van der Waals surface area (Å²) in [7, 11) is 0. The molecular formula is C12H15NO3. The molecule has 0 saturated heterocycles. The number of carbonyl (C=O) groups excluding carboxylic acids is 1. The van der Waals surface area contributed by atoms with Crippen LogP contribution in [0.5, 0.6) is 5.75 Å². The fraction of sp³-hybridized carbons (Fsp3) is 0.250. The van der Waals surface area contributed by atoms with Gasteiger partial charge < -0.3 is 15.2 Å². The molecule has 0 fully saturated rings.